The van der Waals surface area contributed by atoms with Crippen molar-refractivity contribution in [2.45, 2.75) is 51.9 Å². The number of nitrogens with one attached hydrogen (secondary N) is 1. The Morgan fingerprint density at radius 3 is 2.35 bits per heavy atom. The number of quaternary nitrogens is 1. The molecule has 0 unspecified atom stereocenters. The van der Waals surface area contributed by atoms with E-state index in [9.17, 15) is 10.0 Å². The van der Waals surface area contributed by atoms with Gasteiger partial charge in [0.1, 0.15) is 0 Å². The molecule has 0 spiro atoms. The van der Waals surface area contributed by atoms with Crippen LogP contribution in [0.25, 0.3) is 0 Å². The first-order chi connectivity index (χ1) is 7.95. The van der Waals surface area contributed by atoms with E-state index in [4.69, 9.17) is 0 Å². The van der Waals surface area contributed by atoms with Crippen LogP contribution in [0, 0.1) is 5.21 Å². The highest BCUT2D eigenvalue weighted by Crippen LogP contribution is 2.04. The molecule has 0 aliphatic heterocycles. The van der Waals surface area contributed by atoms with E-state index < -0.39 is 0 Å². The normalized spacial score (nSPS) is 11.5. The van der Waals surface area contributed by atoms with Crippen LogP contribution in [-0.2, 0) is 4.79 Å². The molecule has 0 radical (unpaired) electrons. The molecule has 1 amide bonds. The zero-order chi connectivity index (χ0) is 13.1. The summed E-state index contributed by atoms with van der Waals surface area (Å²) in [6.45, 7) is 3.36. The van der Waals surface area contributed by atoms with Gasteiger partial charge in [-0.2, -0.15) is 0 Å². The Morgan fingerprint density at radius 1 is 1.12 bits per heavy atom. The Bertz CT molecular complexity index is 200. The number of hydrogen-bond acceptors (Lipinski definition) is 2. The van der Waals surface area contributed by atoms with E-state index >= 15 is 0 Å². The van der Waals surface area contributed by atoms with Crippen LogP contribution in [0.2, 0.25) is 0 Å². The summed E-state index contributed by atoms with van der Waals surface area (Å²) in [5, 5.41) is 14.1. The van der Waals surface area contributed by atoms with Crippen molar-refractivity contribution in [3.05, 3.63) is 5.21 Å². The summed E-state index contributed by atoms with van der Waals surface area (Å²) in [6, 6.07) is 0. The van der Waals surface area contributed by atoms with Crippen LogP contribution in [0.3, 0.4) is 0 Å². The minimum absolute atomic E-state index is 0.123. The summed E-state index contributed by atoms with van der Waals surface area (Å²) >= 11 is 0. The molecule has 0 heterocycles. The average molecular weight is 244 g/mol. The van der Waals surface area contributed by atoms with Gasteiger partial charge >= 0.3 is 0 Å². The zero-order valence-electron chi connectivity index (χ0n) is 11.6. The summed E-state index contributed by atoms with van der Waals surface area (Å²) < 4.78 is -0.285. The molecule has 4 nitrogen and oxygen atoms in total. The molecule has 0 fully saturated rings. The molecule has 0 atom stereocenters. The first-order valence-corrected chi connectivity index (χ1v) is 6.76. The van der Waals surface area contributed by atoms with Crippen LogP contribution < -0.4 is 5.32 Å². The molecule has 1 N–H and O–H groups in total. The predicted octanol–water partition coefficient (Wildman–Crippen LogP) is 2.43. The maximum Gasteiger partial charge on any atom is 0.219 e. The van der Waals surface area contributed by atoms with Crippen LogP contribution in [0.4, 0.5) is 0 Å². The summed E-state index contributed by atoms with van der Waals surface area (Å²) in [7, 11) is 3.24. The van der Waals surface area contributed by atoms with Crippen molar-refractivity contribution in [1.82, 2.24) is 5.32 Å². The number of carbonyl (C=O) groups is 1. The van der Waals surface area contributed by atoms with E-state index in [0.717, 1.165) is 19.3 Å². The Balaban J connectivity index is 3.29. The third-order valence-corrected chi connectivity index (χ3v) is 2.70. The minimum atomic E-state index is -0.285. The second kappa shape index (κ2) is 9.42. The first kappa shape index (κ1) is 16.4. The van der Waals surface area contributed by atoms with Gasteiger partial charge in [0.15, 0.2) is 0 Å². The maximum absolute atomic E-state index is 11.4. The summed E-state index contributed by atoms with van der Waals surface area (Å²) in [5.41, 5.74) is 0. The number of nitrogens with zero attached hydrogens (tertiary/aromatic N) is 1. The Morgan fingerprint density at radius 2 is 1.76 bits per heavy atom. The molecule has 0 aliphatic rings. The lowest BCUT2D eigenvalue weighted by Crippen LogP contribution is -2.35. The molecule has 0 aromatic rings. The van der Waals surface area contributed by atoms with Gasteiger partial charge < -0.3 is 15.2 Å². The first-order valence-electron chi connectivity index (χ1n) is 6.76. The van der Waals surface area contributed by atoms with Gasteiger partial charge in [0, 0.05) is 19.4 Å². The van der Waals surface area contributed by atoms with Crippen molar-refractivity contribution in [1.29, 1.82) is 0 Å². The van der Waals surface area contributed by atoms with Gasteiger partial charge in [-0.25, -0.2) is 0 Å². The highest BCUT2D eigenvalue weighted by atomic mass is 16.5. The molecule has 0 aliphatic carbocycles. The second-order valence-corrected chi connectivity index (χ2v) is 5.17. The van der Waals surface area contributed by atoms with Crippen LogP contribution in [0.15, 0.2) is 0 Å². The van der Waals surface area contributed by atoms with Gasteiger partial charge in [-0.1, -0.05) is 32.6 Å². The fourth-order valence-corrected chi connectivity index (χ4v) is 1.67. The monoisotopic (exact) mass is 244 g/mol. The van der Waals surface area contributed by atoms with E-state index in [-0.39, 0.29) is 10.6 Å². The van der Waals surface area contributed by atoms with E-state index in [1.165, 1.54) is 19.3 Å². The smallest absolute Gasteiger partial charge is 0.219 e. The van der Waals surface area contributed by atoms with Crippen molar-refractivity contribution in [3.63, 3.8) is 0 Å². The summed E-state index contributed by atoms with van der Waals surface area (Å²) in [5.74, 6) is 0.123. The summed E-state index contributed by atoms with van der Waals surface area (Å²) in [6.07, 6.45) is 7.22. The van der Waals surface area contributed by atoms with Gasteiger partial charge in [-0.05, 0) is 6.42 Å². The van der Waals surface area contributed by atoms with Crippen molar-refractivity contribution in [2.75, 3.05) is 27.2 Å². The van der Waals surface area contributed by atoms with E-state index in [1.807, 2.05) is 0 Å². The van der Waals surface area contributed by atoms with E-state index in [1.54, 1.807) is 14.1 Å². The average Bonchev–Trinajstić information content (AvgIpc) is 2.23. The van der Waals surface area contributed by atoms with Crippen molar-refractivity contribution in [3.8, 4) is 0 Å². The summed E-state index contributed by atoms with van der Waals surface area (Å²) in [4.78, 5) is 11.4. The lowest BCUT2D eigenvalue weighted by atomic mass is 10.1. The predicted molar refractivity (Wildman–Crippen MR) is 71.3 cm³/mol. The van der Waals surface area contributed by atoms with Crippen molar-refractivity contribution in [2.24, 2.45) is 0 Å². The standard InChI is InChI=1S/C13H28N2O2/c1-4-5-6-7-8-10-13(16)14-11-9-12-15(2,3)17/h4-12H2,1-3H3,(H,14,16). The van der Waals surface area contributed by atoms with E-state index in [0.29, 0.717) is 19.5 Å². The SMILES string of the molecule is CCCCCCCC(=O)NCCC[N+](C)(C)[O-]. The molecular formula is C13H28N2O2. The lowest BCUT2D eigenvalue weighted by molar-refractivity contribution is -0.840. The molecule has 0 aromatic carbocycles. The molecule has 0 rings (SSSR count). The van der Waals surface area contributed by atoms with Gasteiger partial charge in [-0.3, -0.25) is 4.79 Å². The molecule has 0 saturated heterocycles. The number of amides is 1. The van der Waals surface area contributed by atoms with Crippen LogP contribution in [0.5, 0.6) is 0 Å². The fraction of sp³-hybridized carbons (Fsp3) is 0.923. The van der Waals surface area contributed by atoms with Gasteiger partial charge in [0.2, 0.25) is 5.91 Å². The quantitative estimate of drug-likeness (QED) is 0.364. The molecule has 4 heteroatoms. The number of hydrogen-bond donors (Lipinski definition) is 1. The maximum atomic E-state index is 11.4. The number of unbranched alkanes of at least 4 members (excludes halogenated alkanes) is 4. The van der Waals surface area contributed by atoms with Crippen molar-refractivity contribution < 1.29 is 9.44 Å². The highest BCUT2D eigenvalue weighted by molar-refractivity contribution is 5.75. The minimum Gasteiger partial charge on any atom is -0.633 e. The van der Waals surface area contributed by atoms with Gasteiger partial charge in [-0.15, -0.1) is 0 Å². The van der Waals surface area contributed by atoms with Gasteiger partial charge in [0.05, 0.1) is 20.6 Å². The highest BCUT2D eigenvalue weighted by Gasteiger charge is 2.03. The van der Waals surface area contributed by atoms with Crippen LogP contribution in [-0.4, -0.2) is 37.7 Å². The Labute approximate surface area is 106 Å². The number of rotatable bonds is 10. The number of hydroxylamine groups is 3. The molecule has 0 saturated carbocycles. The molecule has 0 aromatic heterocycles. The largest absolute Gasteiger partial charge is 0.633 e. The van der Waals surface area contributed by atoms with Crippen LogP contribution >= 0.6 is 0 Å². The molecule has 17 heavy (non-hydrogen) atoms. The molecular weight excluding hydrogens is 216 g/mol. The lowest BCUT2D eigenvalue weighted by Gasteiger charge is -2.33. The van der Waals surface area contributed by atoms with Crippen molar-refractivity contribution >= 4 is 5.91 Å². The zero-order valence-corrected chi connectivity index (χ0v) is 11.6. The number of carbonyl (C=O) groups excluding carboxylic acids is 1. The third-order valence-electron chi connectivity index (χ3n) is 2.70. The Hall–Kier alpha value is -0.610. The molecule has 0 bridgehead atoms. The topological polar surface area (TPSA) is 52.2 Å². The molecule has 102 valence electrons. The fourth-order valence-electron chi connectivity index (χ4n) is 1.67. The van der Waals surface area contributed by atoms with Gasteiger partial charge in [0.25, 0.3) is 0 Å². The third kappa shape index (κ3) is 13.3. The van der Waals surface area contributed by atoms with E-state index in [2.05, 4.69) is 12.2 Å². The second-order valence-electron chi connectivity index (χ2n) is 5.17. The Kier molecular flexibility index (Phi) is 9.09. The van der Waals surface area contributed by atoms with Crippen LogP contribution in [0.1, 0.15) is 51.9 Å².